The Morgan fingerprint density at radius 3 is 2.90 bits per heavy atom. The molecule has 4 rings (SSSR count). The number of nitrogen functional groups attached to an aromatic ring is 1. The van der Waals surface area contributed by atoms with Crippen molar-refractivity contribution < 1.29 is 59.3 Å². The van der Waals surface area contributed by atoms with Gasteiger partial charge in [0.2, 0.25) is 0 Å². The number of fused-ring (bicyclic) bond motifs is 2. The molecular weight excluding hydrogens is 456 g/mol. The zero-order valence-electron chi connectivity index (χ0n) is 18.9. The van der Waals surface area contributed by atoms with Gasteiger partial charge in [-0.2, -0.15) is 14.3 Å². The maximum absolute atomic E-state index is 9.85. The molecule has 31 heavy (non-hydrogen) atoms. The van der Waals surface area contributed by atoms with Crippen LogP contribution in [0.3, 0.4) is 0 Å². The third-order valence-corrected chi connectivity index (χ3v) is 7.22. The number of imidazole rings is 1. The van der Waals surface area contributed by atoms with E-state index in [1.807, 2.05) is 4.57 Å². The third-order valence-electron chi connectivity index (χ3n) is 5.18. The molecule has 14 heteroatoms. The first-order valence-electron chi connectivity index (χ1n) is 9.92. The van der Waals surface area contributed by atoms with Crippen molar-refractivity contribution in [2.45, 2.75) is 62.3 Å². The molecule has 1 unspecified atom stereocenters. The summed E-state index contributed by atoms with van der Waals surface area (Å²) in [6, 6.07) is 0. The molecule has 2 aromatic rings. The number of methoxy groups -OCH3 is 1. The number of nitrogens with zero attached hydrogens (tertiary/aromatic N) is 4. The SMILES string of the molecule is CCCCCCSc1nc2c(N)ncnc2n1[C@@H]1O[C@@H]2CO[P+](O)(O)O[C@H]2C1OC.[H-].[Na+]. The van der Waals surface area contributed by atoms with Gasteiger partial charge in [-0.1, -0.05) is 37.9 Å². The van der Waals surface area contributed by atoms with E-state index in [2.05, 4.69) is 21.9 Å². The topological polar surface area (TPSA) is 147 Å². The van der Waals surface area contributed by atoms with Crippen molar-refractivity contribution >= 4 is 36.9 Å². The van der Waals surface area contributed by atoms with Crippen molar-refractivity contribution in [2.24, 2.45) is 0 Å². The Labute approximate surface area is 208 Å². The van der Waals surface area contributed by atoms with Crippen LogP contribution in [-0.2, 0) is 18.5 Å². The van der Waals surface area contributed by atoms with Gasteiger partial charge >= 0.3 is 37.7 Å². The normalized spacial score (nSPS) is 27.2. The van der Waals surface area contributed by atoms with E-state index >= 15 is 0 Å². The van der Waals surface area contributed by atoms with Gasteiger partial charge in [-0.15, -0.1) is 4.52 Å². The van der Waals surface area contributed by atoms with Gasteiger partial charge in [0.1, 0.15) is 25.1 Å². The fourth-order valence-electron chi connectivity index (χ4n) is 3.72. The maximum atomic E-state index is 9.85. The van der Waals surface area contributed by atoms with E-state index in [-0.39, 0.29) is 43.4 Å². The third kappa shape index (κ3) is 5.36. The van der Waals surface area contributed by atoms with Gasteiger partial charge in [0, 0.05) is 12.9 Å². The van der Waals surface area contributed by atoms with Gasteiger partial charge in [-0.25, -0.2) is 15.0 Å². The number of aromatic nitrogens is 4. The van der Waals surface area contributed by atoms with E-state index in [1.54, 1.807) is 11.8 Å². The molecule has 0 aliphatic carbocycles. The first-order chi connectivity index (χ1) is 14.4. The minimum absolute atomic E-state index is 0. The zero-order chi connectivity index (χ0) is 21.3. The molecule has 168 valence electrons. The van der Waals surface area contributed by atoms with Crippen molar-refractivity contribution in [1.82, 2.24) is 19.5 Å². The van der Waals surface area contributed by atoms with Gasteiger partial charge in [-0.3, -0.25) is 4.57 Å². The minimum Gasteiger partial charge on any atom is -1.00 e. The number of unbranched alkanes of at least 4 members (excludes halogenated alkanes) is 3. The van der Waals surface area contributed by atoms with Crippen LogP contribution >= 0.6 is 19.9 Å². The van der Waals surface area contributed by atoms with Crippen LogP contribution in [0.2, 0.25) is 0 Å². The molecule has 0 amide bonds. The predicted molar refractivity (Wildman–Crippen MR) is 113 cm³/mol. The van der Waals surface area contributed by atoms with Crippen molar-refractivity contribution in [1.29, 1.82) is 0 Å². The molecule has 0 aromatic carbocycles. The van der Waals surface area contributed by atoms with Gasteiger partial charge in [0.05, 0.1) is 0 Å². The number of anilines is 1. The summed E-state index contributed by atoms with van der Waals surface area (Å²) in [5, 5.41) is 0.689. The molecule has 2 aromatic heterocycles. The van der Waals surface area contributed by atoms with Crippen LogP contribution in [0, 0.1) is 0 Å². The summed E-state index contributed by atoms with van der Waals surface area (Å²) >= 11 is 1.59. The average molecular weight is 484 g/mol. The minimum atomic E-state index is -3.89. The molecule has 4 atom stereocenters. The van der Waals surface area contributed by atoms with Crippen LogP contribution in [0.15, 0.2) is 11.5 Å². The summed E-state index contributed by atoms with van der Waals surface area (Å²) < 4.78 is 24.1. The van der Waals surface area contributed by atoms with Crippen molar-refractivity contribution in [3.63, 3.8) is 0 Å². The molecule has 0 bridgehead atoms. The fraction of sp³-hybridized carbons (Fsp3) is 0.706. The number of rotatable bonds is 8. The smallest absolute Gasteiger partial charge is 1.00 e. The van der Waals surface area contributed by atoms with Crippen molar-refractivity contribution in [3.8, 4) is 0 Å². The fourth-order valence-corrected chi connectivity index (χ4v) is 5.71. The molecular formula is C17H28N5NaO6PS+. The van der Waals surface area contributed by atoms with E-state index < -0.39 is 32.7 Å². The molecule has 0 radical (unpaired) electrons. The summed E-state index contributed by atoms with van der Waals surface area (Å²) in [6.45, 7) is 2.17. The number of nitrogens with two attached hydrogens (primary N) is 1. The Bertz CT molecular complexity index is 898. The van der Waals surface area contributed by atoms with Gasteiger partial charge in [-0.05, 0) is 6.42 Å². The number of hydrogen-bond donors (Lipinski definition) is 3. The molecule has 0 saturated carbocycles. The largest absolute Gasteiger partial charge is 1.00 e. The second-order valence-corrected chi connectivity index (χ2v) is 9.74. The first-order valence-corrected chi connectivity index (χ1v) is 12.4. The predicted octanol–water partition coefficient (Wildman–Crippen LogP) is -0.813. The second kappa shape index (κ2) is 10.9. The van der Waals surface area contributed by atoms with E-state index in [0.717, 1.165) is 18.6 Å². The van der Waals surface area contributed by atoms with E-state index in [1.165, 1.54) is 26.3 Å². The molecule has 2 aliphatic heterocycles. The van der Waals surface area contributed by atoms with E-state index in [9.17, 15) is 9.79 Å². The summed E-state index contributed by atoms with van der Waals surface area (Å²) in [5.74, 6) is 1.17. The Balaban J connectivity index is 0.00000181. The summed E-state index contributed by atoms with van der Waals surface area (Å²) in [6.07, 6.45) is 3.48. The van der Waals surface area contributed by atoms with E-state index in [0.29, 0.717) is 16.3 Å². The van der Waals surface area contributed by atoms with Crippen LogP contribution in [-0.4, -0.2) is 67.1 Å². The first kappa shape index (κ1) is 25.5. The van der Waals surface area contributed by atoms with Crippen molar-refractivity contribution in [3.05, 3.63) is 6.33 Å². The van der Waals surface area contributed by atoms with E-state index in [4.69, 9.17) is 24.3 Å². The molecule has 4 heterocycles. The Kier molecular flexibility index (Phi) is 8.95. The number of hydrogen-bond acceptors (Lipinski definition) is 11. The number of thioether (sulfide) groups is 1. The van der Waals surface area contributed by atoms with Gasteiger partial charge in [0.15, 0.2) is 34.5 Å². The quantitative estimate of drug-likeness (QED) is 0.187. The summed E-state index contributed by atoms with van der Waals surface area (Å²) in [4.78, 5) is 32.8. The molecule has 2 fully saturated rings. The van der Waals surface area contributed by atoms with Crippen LogP contribution in [0.1, 0.15) is 40.3 Å². The van der Waals surface area contributed by atoms with Crippen LogP contribution in [0.5, 0.6) is 0 Å². The maximum Gasteiger partial charge on any atom is 1.00 e. The van der Waals surface area contributed by atoms with Crippen LogP contribution < -0.4 is 35.3 Å². The average Bonchev–Trinajstić information content (AvgIpc) is 3.25. The van der Waals surface area contributed by atoms with Crippen molar-refractivity contribution in [2.75, 3.05) is 25.2 Å². The molecule has 11 nitrogen and oxygen atoms in total. The second-order valence-electron chi connectivity index (χ2n) is 7.23. The summed E-state index contributed by atoms with van der Waals surface area (Å²) in [5.41, 5.74) is 7.05. The van der Waals surface area contributed by atoms with Gasteiger partial charge in [0.25, 0.3) is 0 Å². The Morgan fingerprint density at radius 2 is 2.16 bits per heavy atom. The Morgan fingerprint density at radius 1 is 1.35 bits per heavy atom. The van der Waals surface area contributed by atoms with Gasteiger partial charge < -0.3 is 16.6 Å². The monoisotopic (exact) mass is 484 g/mol. The molecule has 0 spiro atoms. The Hall–Kier alpha value is -0.110. The standard InChI is InChI=1S/C17H27N5O6PS.Na.H/c1-3-4-5-6-7-30-17-21-11-14(18)19-9-20-15(11)22(17)16-13(25-2)12-10(27-16)8-26-29(23,24)28-12;;/h9-10,12-13,16,23-24H,3-8H2,1-2H3,(H2,18,19,20);;/q2*+1;-1/t10-,12-,13?,16-;;/m1../s1. The molecule has 2 aliphatic rings. The summed E-state index contributed by atoms with van der Waals surface area (Å²) in [7, 11) is -2.37. The van der Waals surface area contributed by atoms with Crippen LogP contribution in [0.25, 0.3) is 11.2 Å². The van der Waals surface area contributed by atoms with Crippen LogP contribution in [0.4, 0.5) is 5.82 Å². The zero-order valence-corrected chi connectivity index (χ0v) is 21.6. The molecule has 4 N–H and O–H groups in total. The molecule has 2 saturated heterocycles. The number of ether oxygens (including phenoxy) is 2.